The molecule has 0 saturated heterocycles. The topological polar surface area (TPSA) is 85.8 Å². The molecule has 1 amide bonds. The molecular formula is C15H21N5O. The summed E-state index contributed by atoms with van der Waals surface area (Å²) < 4.78 is 1.84. The van der Waals surface area contributed by atoms with Crippen molar-refractivity contribution in [1.29, 1.82) is 0 Å². The van der Waals surface area contributed by atoms with Gasteiger partial charge >= 0.3 is 0 Å². The molecule has 0 aliphatic heterocycles. The lowest BCUT2D eigenvalue weighted by molar-refractivity contribution is -0.117. The maximum absolute atomic E-state index is 12.1. The molecule has 0 aliphatic carbocycles. The molecule has 2 heterocycles. The van der Waals surface area contributed by atoms with Crippen LogP contribution in [0.4, 0.5) is 5.69 Å². The van der Waals surface area contributed by atoms with Crippen LogP contribution in [0.5, 0.6) is 0 Å². The summed E-state index contributed by atoms with van der Waals surface area (Å²) in [6, 6.07) is 3.63. The molecule has 0 spiro atoms. The van der Waals surface area contributed by atoms with E-state index in [4.69, 9.17) is 5.73 Å². The second-order valence-corrected chi connectivity index (χ2v) is 4.98. The molecule has 3 N–H and O–H groups in total. The van der Waals surface area contributed by atoms with E-state index in [1.165, 1.54) is 0 Å². The third kappa shape index (κ3) is 3.66. The van der Waals surface area contributed by atoms with Crippen LogP contribution in [0, 0.1) is 12.8 Å². The van der Waals surface area contributed by atoms with Gasteiger partial charge in [0.15, 0.2) is 5.82 Å². The number of hydrogen-bond acceptors (Lipinski definition) is 4. The van der Waals surface area contributed by atoms with Crippen molar-refractivity contribution in [2.45, 2.75) is 26.7 Å². The Hall–Kier alpha value is -2.21. The number of imidazole rings is 1. The van der Waals surface area contributed by atoms with Crippen molar-refractivity contribution in [3.05, 3.63) is 36.5 Å². The van der Waals surface area contributed by atoms with Gasteiger partial charge in [-0.05, 0) is 31.5 Å². The van der Waals surface area contributed by atoms with Crippen LogP contribution < -0.4 is 11.1 Å². The van der Waals surface area contributed by atoms with E-state index in [9.17, 15) is 4.79 Å². The molecule has 1 unspecified atom stereocenters. The minimum absolute atomic E-state index is 0.0423. The van der Waals surface area contributed by atoms with E-state index >= 15 is 0 Å². The number of nitrogens with two attached hydrogens (primary N) is 1. The van der Waals surface area contributed by atoms with Crippen molar-refractivity contribution in [3.63, 3.8) is 0 Å². The van der Waals surface area contributed by atoms with E-state index in [-0.39, 0.29) is 11.8 Å². The number of amides is 1. The van der Waals surface area contributed by atoms with Crippen molar-refractivity contribution in [3.8, 4) is 5.82 Å². The van der Waals surface area contributed by atoms with Crippen LogP contribution in [0.2, 0.25) is 0 Å². The summed E-state index contributed by atoms with van der Waals surface area (Å²) in [5.74, 6) is 1.65. The first kappa shape index (κ1) is 15.2. The minimum atomic E-state index is -0.0423. The molecule has 112 valence electrons. The van der Waals surface area contributed by atoms with Gasteiger partial charge in [0, 0.05) is 25.0 Å². The highest BCUT2D eigenvalue weighted by Crippen LogP contribution is 2.19. The molecule has 6 heteroatoms. The number of aromatic nitrogens is 3. The Morgan fingerprint density at radius 1 is 1.43 bits per heavy atom. The summed E-state index contributed by atoms with van der Waals surface area (Å²) in [6.07, 6.45) is 6.53. The Morgan fingerprint density at radius 3 is 2.86 bits per heavy atom. The fourth-order valence-electron chi connectivity index (χ4n) is 2.15. The van der Waals surface area contributed by atoms with Crippen LogP contribution >= 0.6 is 0 Å². The Bertz CT molecular complexity index is 604. The van der Waals surface area contributed by atoms with E-state index in [0.29, 0.717) is 24.5 Å². The van der Waals surface area contributed by atoms with Gasteiger partial charge in [0.05, 0.1) is 5.69 Å². The third-order valence-corrected chi connectivity index (χ3v) is 3.50. The number of pyridine rings is 1. The molecule has 6 nitrogen and oxygen atoms in total. The zero-order valence-corrected chi connectivity index (χ0v) is 12.4. The minimum Gasteiger partial charge on any atom is -0.330 e. The summed E-state index contributed by atoms with van der Waals surface area (Å²) in [7, 11) is 0. The molecule has 2 aromatic heterocycles. The van der Waals surface area contributed by atoms with Gasteiger partial charge in [-0.25, -0.2) is 9.97 Å². The molecule has 0 fully saturated rings. The summed E-state index contributed by atoms with van der Waals surface area (Å²) in [4.78, 5) is 20.6. The number of carbonyl (C=O) groups is 1. The first-order chi connectivity index (χ1) is 10.2. The second kappa shape index (κ2) is 6.99. The zero-order chi connectivity index (χ0) is 15.2. The number of nitrogens with zero attached hydrogens (tertiary/aromatic N) is 3. The van der Waals surface area contributed by atoms with E-state index in [1.807, 2.05) is 30.7 Å². The zero-order valence-electron chi connectivity index (χ0n) is 12.4. The van der Waals surface area contributed by atoms with Crippen LogP contribution in [0.25, 0.3) is 5.82 Å². The van der Waals surface area contributed by atoms with Gasteiger partial charge in [-0.2, -0.15) is 0 Å². The number of anilines is 1. The summed E-state index contributed by atoms with van der Waals surface area (Å²) in [5, 5.41) is 2.92. The Morgan fingerprint density at radius 2 is 2.24 bits per heavy atom. The molecule has 1 atom stereocenters. The molecule has 0 bridgehead atoms. The molecule has 0 aliphatic rings. The van der Waals surface area contributed by atoms with Crippen LogP contribution in [0.3, 0.4) is 0 Å². The van der Waals surface area contributed by atoms with Crippen LogP contribution in [0.1, 0.15) is 25.6 Å². The lowest BCUT2D eigenvalue weighted by Crippen LogP contribution is -2.22. The van der Waals surface area contributed by atoms with Gasteiger partial charge in [-0.1, -0.05) is 13.3 Å². The summed E-state index contributed by atoms with van der Waals surface area (Å²) in [6.45, 7) is 4.45. The van der Waals surface area contributed by atoms with Crippen LogP contribution in [-0.4, -0.2) is 27.0 Å². The van der Waals surface area contributed by atoms with E-state index in [0.717, 1.165) is 12.2 Å². The van der Waals surface area contributed by atoms with Gasteiger partial charge < -0.3 is 11.1 Å². The highest BCUT2D eigenvalue weighted by molar-refractivity contribution is 5.92. The number of rotatable bonds is 6. The molecule has 2 aromatic rings. The lowest BCUT2D eigenvalue weighted by Gasteiger charge is -2.14. The van der Waals surface area contributed by atoms with Gasteiger partial charge in [-0.15, -0.1) is 0 Å². The molecule has 0 aromatic carbocycles. The smallest absolute Gasteiger partial charge is 0.224 e. The predicted octanol–water partition coefficient (Wildman–Crippen LogP) is 1.89. The molecule has 21 heavy (non-hydrogen) atoms. The largest absolute Gasteiger partial charge is 0.330 e. The second-order valence-electron chi connectivity index (χ2n) is 4.98. The fourth-order valence-corrected chi connectivity index (χ4v) is 2.15. The Kier molecular flexibility index (Phi) is 5.05. The van der Waals surface area contributed by atoms with E-state index in [2.05, 4.69) is 15.3 Å². The van der Waals surface area contributed by atoms with Gasteiger partial charge in [0.1, 0.15) is 5.82 Å². The molecular weight excluding hydrogens is 266 g/mol. The van der Waals surface area contributed by atoms with Crippen molar-refractivity contribution < 1.29 is 4.79 Å². The quantitative estimate of drug-likeness (QED) is 0.849. The number of hydrogen-bond donors (Lipinski definition) is 2. The Labute approximate surface area is 124 Å². The van der Waals surface area contributed by atoms with Crippen molar-refractivity contribution >= 4 is 11.6 Å². The highest BCUT2D eigenvalue weighted by atomic mass is 16.1. The van der Waals surface area contributed by atoms with Crippen molar-refractivity contribution in [1.82, 2.24) is 14.5 Å². The SMILES string of the molecule is CCC(CN)CC(=O)Nc1cccnc1-n1ccnc1C. The summed E-state index contributed by atoms with van der Waals surface area (Å²) >= 11 is 0. The summed E-state index contributed by atoms with van der Waals surface area (Å²) in [5.41, 5.74) is 6.32. The molecule has 2 rings (SSSR count). The standard InChI is InChI=1S/C15H21N5O/c1-3-12(10-16)9-14(21)19-13-5-4-6-18-15(13)20-8-7-17-11(20)2/h4-8,12H,3,9-10,16H2,1-2H3,(H,19,21). The average molecular weight is 287 g/mol. The lowest BCUT2D eigenvalue weighted by atomic mass is 10.0. The predicted molar refractivity (Wildman–Crippen MR) is 82.2 cm³/mol. The molecule has 0 radical (unpaired) electrons. The average Bonchev–Trinajstić information content (AvgIpc) is 2.91. The maximum atomic E-state index is 12.1. The third-order valence-electron chi connectivity index (χ3n) is 3.50. The number of aryl methyl sites for hydroxylation is 1. The number of carbonyl (C=O) groups excluding carboxylic acids is 1. The van der Waals surface area contributed by atoms with Crippen molar-refractivity contribution in [2.24, 2.45) is 11.7 Å². The van der Waals surface area contributed by atoms with Crippen LogP contribution in [0.15, 0.2) is 30.7 Å². The van der Waals surface area contributed by atoms with Gasteiger partial charge in [-0.3, -0.25) is 9.36 Å². The van der Waals surface area contributed by atoms with E-state index in [1.54, 1.807) is 18.5 Å². The first-order valence-corrected chi connectivity index (χ1v) is 7.11. The van der Waals surface area contributed by atoms with Gasteiger partial charge in [0.2, 0.25) is 5.91 Å². The molecule has 0 saturated carbocycles. The monoisotopic (exact) mass is 287 g/mol. The Balaban J connectivity index is 2.18. The first-order valence-electron chi connectivity index (χ1n) is 7.11. The number of nitrogens with one attached hydrogen (secondary N) is 1. The normalized spacial score (nSPS) is 12.1. The highest BCUT2D eigenvalue weighted by Gasteiger charge is 2.14. The van der Waals surface area contributed by atoms with Gasteiger partial charge in [0.25, 0.3) is 0 Å². The fraction of sp³-hybridized carbons (Fsp3) is 0.400. The van der Waals surface area contributed by atoms with E-state index < -0.39 is 0 Å². The van der Waals surface area contributed by atoms with Crippen molar-refractivity contribution in [2.75, 3.05) is 11.9 Å². The maximum Gasteiger partial charge on any atom is 0.224 e. The van der Waals surface area contributed by atoms with Crippen LogP contribution in [-0.2, 0) is 4.79 Å².